The lowest BCUT2D eigenvalue weighted by molar-refractivity contribution is 0.539. The third-order valence-electron chi connectivity index (χ3n) is 2.63. The van der Waals surface area contributed by atoms with Crippen LogP contribution in [0.15, 0.2) is 34.8 Å². The molecule has 2 rings (SSSR count). The molecule has 0 fully saturated rings. The highest BCUT2D eigenvalue weighted by Crippen LogP contribution is 2.31. The van der Waals surface area contributed by atoms with Gasteiger partial charge in [0.2, 0.25) is 0 Å². The number of halogens is 5. The van der Waals surface area contributed by atoms with Gasteiger partial charge in [-0.3, -0.25) is 0 Å². The highest BCUT2D eigenvalue weighted by atomic mass is 79.9. The van der Waals surface area contributed by atoms with E-state index in [2.05, 4.69) is 15.9 Å². The van der Waals surface area contributed by atoms with Gasteiger partial charge in [-0.1, -0.05) is 23.2 Å². The summed E-state index contributed by atoms with van der Waals surface area (Å²) in [5.41, 5.74) is 6.12. The van der Waals surface area contributed by atoms with E-state index in [1.165, 1.54) is 24.3 Å². The summed E-state index contributed by atoms with van der Waals surface area (Å²) < 4.78 is 27.9. The van der Waals surface area contributed by atoms with Crippen molar-refractivity contribution < 1.29 is 8.78 Å². The Morgan fingerprint density at radius 2 is 1.63 bits per heavy atom. The van der Waals surface area contributed by atoms with Gasteiger partial charge in [0, 0.05) is 15.6 Å². The van der Waals surface area contributed by atoms with Crippen molar-refractivity contribution in [2.24, 2.45) is 5.73 Å². The second-order valence-electron chi connectivity index (χ2n) is 3.94. The first kappa shape index (κ1) is 14.7. The van der Waals surface area contributed by atoms with Crippen molar-refractivity contribution in [2.45, 2.75) is 6.04 Å². The minimum absolute atomic E-state index is 0.146. The van der Waals surface area contributed by atoms with Crippen molar-refractivity contribution in [3.63, 3.8) is 0 Å². The molecule has 6 heteroatoms. The Morgan fingerprint density at radius 1 is 1.05 bits per heavy atom. The number of benzene rings is 2. The Kier molecular flexibility index (Phi) is 4.46. The molecule has 2 aromatic carbocycles. The summed E-state index contributed by atoms with van der Waals surface area (Å²) in [4.78, 5) is 0. The Hall–Kier alpha value is -0.680. The zero-order valence-electron chi connectivity index (χ0n) is 9.43. The van der Waals surface area contributed by atoms with Crippen LogP contribution in [0.4, 0.5) is 8.78 Å². The first-order chi connectivity index (χ1) is 8.90. The molecule has 0 aliphatic carbocycles. The predicted octanol–water partition coefficient (Wildman–Crippen LogP) is 5.08. The zero-order valence-corrected chi connectivity index (χ0v) is 12.5. The first-order valence-corrected chi connectivity index (χ1v) is 6.80. The highest BCUT2D eigenvalue weighted by molar-refractivity contribution is 9.10. The van der Waals surface area contributed by atoms with Gasteiger partial charge in [0.05, 0.1) is 10.5 Å². The van der Waals surface area contributed by atoms with E-state index in [-0.39, 0.29) is 10.0 Å². The summed E-state index contributed by atoms with van der Waals surface area (Å²) in [6, 6.07) is 6.01. The van der Waals surface area contributed by atoms with Gasteiger partial charge in [0.1, 0.15) is 11.6 Å². The van der Waals surface area contributed by atoms with Crippen LogP contribution < -0.4 is 5.73 Å². The van der Waals surface area contributed by atoms with Crippen molar-refractivity contribution >= 4 is 39.1 Å². The Morgan fingerprint density at radius 3 is 2.21 bits per heavy atom. The SMILES string of the molecule is NC(c1cc(Cl)cc(Cl)c1)c1c(F)ccc(Br)c1F. The highest BCUT2D eigenvalue weighted by Gasteiger charge is 2.21. The van der Waals surface area contributed by atoms with E-state index in [1.54, 1.807) is 0 Å². The van der Waals surface area contributed by atoms with E-state index in [0.29, 0.717) is 15.6 Å². The lowest BCUT2D eigenvalue weighted by atomic mass is 9.98. The molecule has 0 heterocycles. The fourth-order valence-corrected chi connectivity index (χ4v) is 2.64. The molecule has 2 aromatic rings. The van der Waals surface area contributed by atoms with Gasteiger partial charge >= 0.3 is 0 Å². The van der Waals surface area contributed by atoms with E-state index >= 15 is 0 Å². The molecule has 0 saturated carbocycles. The van der Waals surface area contributed by atoms with E-state index in [1.807, 2.05) is 0 Å². The van der Waals surface area contributed by atoms with Crippen LogP contribution in [0.5, 0.6) is 0 Å². The van der Waals surface area contributed by atoms with Crippen molar-refractivity contribution in [3.05, 3.63) is 67.6 Å². The molecule has 100 valence electrons. The fraction of sp³-hybridized carbons (Fsp3) is 0.0769. The van der Waals surface area contributed by atoms with Crippen molar-refractivity contribution in [1.29, 1.82) is 0 Å². The molecular weight excluding hydrogens is 359 g/mol. The summed E-state index contributed by atoms with van der Waals surface area (Å²) in [6.07, 6.45) is 0. The monoisotopic (exact) mass is 365 g/mol. The second-order valence-corrected chi connectivity index (χ2v) is 5.66. The maximum absolute atomic E-state index is 14.0. The van der Waals surface area contributed by atoms with Gasteiger partial charge in [-0.25, -0.2) is 8.78 Å². The van der Waals surface area contributed by atoms with E-state index in [0.717, 1.165) is 6.07 Å². The van der Waals surface area contributed by atoms with Crippen molar-refractivity contribution in [1.82, 2.24) is 0 Å². The summed E-state index contributed by atoms with van der Waals surface area (Å²) in [7, 11) is 0. The Bertz CT molecular complexity index is 614. The van der Waals surface area contributed by atoms with Crippen molar-refractivity contribution in [3.8, 4) is 0 Å². The second kappa shape index (κ2) is 5.75. The van der Waals surface area contributed by atoms with Crippen LogP contribution in [0.2, 0.25) is 10.0 Å². The van der Waals surface area contributed by atoms with Gasteiger partial charge < -0.3 is 5.73 Å². The van der Waals surface area contributed by atoms with Gasteiger partial charge in [0.15, 0.2) is 0 Å². The molecule has 1 atom stereocenters. The largest absolute Gasteiger partial charge is 0.320 e. The van der Waals surface area contributed by atoms with E-state index < -0.39 is 17.7 Å². The molecule has 0 bridgehead atoms. The minimum atomic E-state index is -0.992. The van der Waals surface area contributed by atoms with Gasteiger partial charge in [0.25, 0.3) is 0 Å². The normalized spacial score (nSPS) is 12.5. The maximum atomic E-state index is 14.0. The molecule has 2 N–H and O–H groups in total. The molecule has 1 unspecified atom stereocenters. The van der Waals surface area contributed by atoms with Crippen LogP contribution in [-0.4, -0.2) is 0 Å². The molecule has 0 amide bonds. The molecular formula is C13H8BrCl2F2N. The molecule has 0 aliphatic rings. The molecule has 1 nitrogen and oxygen atoms in total. The maximum Gasteiger partial charge on any atom is 0.145 e. The average molecular weight is 367 g/mol. The van der Waals surface area contributed by atoms with E-state index in [4.69, 9.17) is 28.9 Å². The summed E-state index contributed by atoms with van der Waals surface area (Å²) in [5, 5.41) is 0.711. The number of hydrogen-bond acceptors (Lipinski definition) is 1. The van der Waals surface area contributed by atoms with Crippen LogP contribution >= 0.6 is 39.1 Å². The molecule has 0 aliphatic heterocycles. The van der Waals surface area contributed by atoms with Crippen LogP contribution in [0.3, 0.4) is 0 Å². The van der Waals surface area contributed by atoms with Gasteiger partial charge in [-0.2, -0.15) is 0 Å². The van der Waals surface area contributed by atoms with Crippen LogP contribution in [0, 0.1) is 11.6 Å². The summed E-state index contributed by atoms with van der Waals surface area (Å²) in [6.45, 7) is 0. The third kappa shape index (κ3) is 3.08. The topological polar surface area (TPSA) is 26.0 Å². The lowest BCUT2D eigenvalue weighted by Gasteiger charge is -2.16. The summed E-state index contributed by atoms with van der Waals surface area (Å²) >= 11 is 14.7. The van der Waals surface area contributed by atoms with Crippen LogP contribution in [0.1, 0.15) is 17.2 Å². The Labute approximate surface area is 127 Å². The minimum Gasteiger partial charge on any atom is -0.320 e. The zero-order chi connectivity index (χ0) is 14.2. The van der Waals surface area contributed by atoms with Crippen LogP contribution in [0.25, 0.3) is 0 Å². The standard InChI is InChI=1S/C13H8BrCl2F2N/c14-9-1-2-10(17)11(12(9)18)13(19)6-3-7(15)5-8(16)4-6/h1-5,13H,19H2. The number of hydrogen-bond donors (Lipinski definition) is 1. The van der Waals surface area contributed by atoms with Crippen LogP contribution in [-0.2, 0) is 0 Å². The number of nitrogens with two attached hydrogens (primary N) is 1. The molecule has 0 saturated heterocycles. The average Bonchev–Trinajstić information content (AvgIpc) is 2.33. The van der Waals surface area contributed by atoms with E-state index in [9.17, 15) is 8.78 Å². The first-order valence-electron chi connectivity index (χ1n) is 5.25. The quantitative estimate of drug-likeness (QED) is 0.736. The van der Waals surface area contributed by atoms with Gasteiger partial charge in [-0.05, 0) is 51.8 Å². The summed E-state index contributed by atoms with van der Waals surface area (Å²) in [5.74, 6) is -1.45. The molecule has 19 heavy (non-hydrogen) atoms. The smallest absolute Gasteiger partial charge is 0.145 e. The number of rotatable bonds is 2. The van der Waals surface area contributed by atoms with Crippen molar-refractivity contribution in [2.75, 3.05) is 0 Å². The Balaban J connectivity index is 2.55. The molecule has 0 spiro atoms. The lowest BCUT2D eigenvalue weighted by Crippen LogP contribution is -2.16. The fourth-order valence-electron chi connectivity index (χ4n) is 1.75. The van der Waals surface area contributed by atoms with Gasteiger partial charge in [-0.15, -0.1) is 0 Å². The predicted molar refractivity (Wildman–Crippen MR) is 76.6 cm³/mol. The molecule has 0 aromatic heterocycles. The third-order valence-corrected chi connectivity index (χ3v) is 3.68. The molecule has 0 radical (unpaired) electrons.